The van der Waals surface area contributed by atoms with Crippen molar-refractivity contribution < 1.29 is 9.90 Å². The maximum absolute atomic E-state index is 10.5. The average Bonchev–Trinajstić information content (AvgIpc) is 2.47. The van der Waals surface area contributed by atoms with Gasteiger partial charge in [-0.1, -0.05) is 0 Å². The van der Waals surface area contributed by atoms with Gasteiger partial charge in [0.2, 0.25) is 0 Å². The molecule has 0 amide bonds. The van der Waals surface area contributed by atoms with Crippen molar-refractivity contribution in [2.75, 3.05) is 0 Å². The normalized spacial score (nSPS) is 12.8. The molecule has 0 aliphatic carbocycles. The fraction of sp³-hybridized carbons (Fsp3) is 0.444. The molecule has 72 valence electrons. The zero-order chi connectivity index (χ0) is 9.84. The largest absolute Gasteiger partial charge is 0.480 e. The van der Waals surface area contributed by atoms with Gasteiger partial charge >= 0.3 is 5.97 Å². The SMILES string of the molecule is Cc1ccc(CNC(C)C(=O)O)s1. The predicted molar refractivity (Wildman–Crippen MR) is 53.0 cm³/mol. The van der Waals surface area contributed by atoms with Crippen molar-refractivity contribution in [3.05, 3.63) is 21.9 Å². The summed E-state index contributed by atoms with van der Waals surface area (Å²) >= 11 is 1.69. The molecule has 0 saturated carbocycles. The van der Waals surface area contributed by atoms with Crippen LogP contribution in [0.15, 0.2) is 12.1 Å². The monoisotopic (exact) mass is 199 g/mol. The molecule has 1 rings (SSSR count). The Morgan fingerprint density at radius 3 is 2.85 bits per heavy atom. The molecule has 4 heteroatoms. The number of hydrogen-bond acceptors (Lipinski definition) is 3. The molecule has 13 heavy (non-hydrogen) atoms. The molecule has 1 aromatic heterocycles. The van der Waals surface area contributed by atoms with E-state index < -0.39 is 12.0 Å². The molecule has 0 radical (unpaired) electrons. The van der Waals surface area contributed by atoms with Crippen molar-refractivity contribution >= 4 is 17.3 Å². The quantitative estimate of drug-likeness (QED) is 0.774. The summed E-state index contributed by atoms with van der Waals surface area (Å²) in [5.74, 6) is -0.812. The number of carboxylic acid groups (broad SMARTS) is 1. The van der Waals surface area contributed by atoms with Crippen LogP contribution in [0.1, 0.15) is 16.7 Å². The zero-order valence-corrected chi connectivity index (χ0v) is 8.52. The maximum Gasteiger partial charge on any atom is 0.320 e. The number of carboxylic acids is 1. The molecule has 2 N–H and O–H groups in total. The lowest BCUT2D eigenvalue weighted by molar-refractivity contribution is -0.139. The Labute approximate surface area is 81.4 Å². The number of aryl methyl sites for hydroxylation is 1. The van der Waals surface area contributed by atoms with Crippen LogP contribution >= 0.6 is 11.3 Å². The molecule has 0 fully saturated rings. The second kappa shape index (κ2) is 4.39. The summed E-state index contributed by atoms with van der Waals surface area (Å²) in [4.78, 5) is 12.9. The zero-order valence-electron chi connectivity index (χ0n) is 7.70. The number of rotatable bonds is 4. The van der Waals surface area contributed by atoms with Crippen molar-refractivity contribution in [3.8, 4) is 0 Å². The van der Waals surface area contributed by atoms with Gasteiger partial charge in [0.1, 0.15) is 6.04 Å². The van der Waals surface area contributed by atoms with Crippen LogP contribution in [0.4, 0.5) is 0 Å². The Bertz CT molecular complexity index is 296. The third-order valence-electron chi connectivity index (χ3n) is 1.75. The van der Waals surface area contributed by atoms with Crippen LogP contribution in [0, 0.1) is 6.92 Å². The number of aliphatic carboxylic acids is 1. The number of carbonyl (C=O) groups is 1. The van der Waals surface area contributed by atoms with Crippen molar-refractivity contribution in [2.45, 2.75) is 26.4 Å². The first kappa shape index (κ1) is 10.2. The van der Waals surface area contributed by atoms with E-state index in [1.165, 1.54) is 9.75 Å². The van der Waals surface area contributed by atoms with E-state index >= 15 is 0 Å². The molecule has 1 heterocycles. The summed E-state index contributed by atoms with van der Waals surface area (Å²) in [5, 5.41) is 11.5. The lowest BCUT2D eigenvalue weighted by Crippen LogP contribution is -2.32. The molecule has 1 unspecified atom stereocenters. The van der Waals surface area contributed by atoms with Crippen LogP contribution < -0.4 is 5.32 Å². The molecule has 0 bridgehead atoms. The van der Waals surface area contributed by atoms with E-state index in [2.05, 4.69) is 5.32 Å². The molecule has 1 aromatic rings. The highest BCUT2D eigenvalue weighted by molar-refractivity contribution is 7.11. The lowest BCUT2D eigenvalue weighted by atomic mass is 10.3. The van der Waals surface area contributed by atoms with Crippen LogP contribution in [0.3, 0.4) is 0 Å². The minimum atomic E-state index is -0.812. The third kappa shape index (κ3) is 3.16. The first-order chi connectivity index (χ1) is 6.09. The highest BCUT2D eigenvalue weighted by atomic mass is 32.1. The highest BCUT2D eigenvalue weighted by Crippen LogP contribution is 2.14. The van der Waals surface area contributed by atoms with E-state index in [9.17, 15) is 4.79 Å². The summed E-state index contributed by atoms with van der Waals surface area (Å²) < 4.78 is 0. The van der Waals surface area contributed by atoms with Crippen molar-refractivity contribution in [2.24, 2.45) is 0 Å². The maximum atomic E-state index is 10.5. The lowest BCUT2D eigenvalue weighted by Gasteiger charge is -2.06. The van der Waals surface area contributed by atoms with E-state index in [1.54, 1.807) is 18.3 Å². The number of nitrogens with one attached hydrogen (secondary N) is 1. The standard InChI is InChI=1S/C9H13NO2S/c1-6-3-4-8(13-6)5-10-7(2)9(11)12/h3-4,7,10H,5H2,1-2H3,(H,11,12). The Balaban J connectivity index is 2.39. The number of thiophene rings is 1. The second-order valence-electron chi connectivity index (χ2n) is 2.95. The predicted octanol–water partition coefficient (Wildman–Crippen LogP) is 1.62. The topological polar surface area (TPSA) is 49.3 Å². The smallest absolute Gasteiger partial charge is 0.320 e. The minimum absolute atomic E-state index is 0.484. The number of hydrogen-bond donors (Lipinski definition) is 2. The fourth-order valence-corrected chi connectivity index (χ4v) is 1.76. The Morgan fingerprint density at radius 2 is 2.38 bits per heavy atom. The van der Waals surface area contributed by atoms with Gasteiger partial charge in [0, 0.05) is 16.3 Å². The second-order valence-corrected chi connectivity index (χ2v) is 4.33. The Morgan fingerprint density at radius 1 is 1.69 bits per heavy atom. The van der Waals surface area contributed by atoms with Gasteiger partial charge in [-0.25, -0.2) is 0 Å². The van der Waals surface area contributed by atoms with Gasteiger partial charge in [0.05, 0.1) is 0 Å². The summed E-state index contributed by atoms with van der Waals surface area (Å²) in [6.45, 7) is 4.31. The summed E-state index contributed by atoms with van der Waals surface area (Å²) in [6.07, 6.45) is 0. The Hall–Kier alpha value is -0.870. The van der Waals surface area contributed by atoms with Crippen LogP contribution in [0.5, 0.6) is 0 Å². The van der Waals surface area contributed by atoms with Gasteiger partial charge in [-0.2, -0.15) is 0 Å². The van der Waals surface area contributed by atoms with E-state index in [0.717, 1.165) is 0 Å². The first-order valence-electron chi connectivity index (χ1n) is 4.11. The summed E-state index contributed by atoms with van der Waals surface area (Å²) in [7, 11) is 0. The van der Waals surface area contributed by atoms with Gasteiger partial charge in [0.25, 0.3) is 0 Å². The van der Waals surface area contributed by atoms with Crippen molar-refractivity contribution in [3.63, 3.8) is 0 Å². The van der Waals surface area contributed by atoms with Gasteiger partial charge in [-0.3, -0.25) is 10.1 Å². The average molecular weight is 199 g/mol. The third-order valence-corrected chi connectivity index (χ3v) is 2.75. The Kier molecular flexibility index (Phi) is 3.45. The molecule has 0 aliphatic rings. The molecule has 1 atom stereocenters. The molecular formula is C9H13NO2S. The van der Waals surface area contributed by atoms with Crippen molar-refractivity contribution in [1.82, 2.24) is 5.32 Å². The van der Waals surface area contributed by atoms with Crippen LogP contribution in [0.2, 0.25) is 0 Å². The van der Waals surface area contributed by atoms with E-state index in [4.69, 9.17) is 5.11 Å². The van der Waals surface area contributed by atoms with Gasteiger partial charge in [0.15, 0.2) is 0 Å². The molecule has 0 spiro atoms. The molecule has 3 nitrogen and oxygen atoms in total. The molecule has 0 aliphatic heterocycles. The van der Waals surface area contributed by atoms with Gasteiger partial charge in [-0.05, 0) is 26.0 Å². The van der Waals surface area contributed by atoms with Gasteiger partial charge in [-0.15, -0.1) is 11.3 Å². The molecule has 0 aromatic carbocycles. The van der Waals surface area contributed by atoms with E-state index in [0.29, 0.717) is 6.54 Å². The molecular weight excluding hydrogens is 186 g/mol. The van der Waals surface area contributed by atoms with Crippen LogP contribution in [-0.4, -0.2) is 17.1 Å². The van der Waals surface area contributed by atoms with Gasteiger partial charge < -0.3 is 5.11 Å². The summed E-state index contributed by atoms with van der Waals surface area (Å²) in [6, 6.07) is 3.57. The molecule has 0 saturated heterocycles. The summed E-state index contributed by atoms with van der Waals surface area (Å²) in [5.41, 5.74) is 0. The fourth-order valence-electron chi connectivity index (χ4n) is 0.921. The minimum Gasteiger partial charge on any atom is -0.480 e. The van der Waals surface area contributed by atoms with Crippen LogP contribution in [0.25, 0.3) is 0 Å². The van der Waals surface area contributed by atoms with Crippen molar-refractivity contribution in [1.29, 1.82) is 0 Å². The van der Waals surface area contributed by atoms with E-state index in [-0.39, 0.29) is 0 Å². The van der Waals surface area contributed by atoms with Crippen LogP contribution in [-0.2, 0) is 11.3 Å². The highest BCUT2D eigenvalue weighted by Gasteiger charge is 2.09. The first-order valence-corrected chi connectivity index (χ1v) is 4.92. The van der Waals surface area contributed by atoms with E-state index in [1.807, 2.05) is 19.1 Å².